The molecular formula is C28H20BrN2O6S-. The molecule has 0 bridgehead atoms. The number of esters is 1. The van der Waals surface area contributed by atoms with Gasteiger partial charge in [-0.05, 0) is 43.7 Å². The molecule has 0 spiro atoms. The highest BCUT2D eigenvalue weighted by atomic mass is 79.9. The number of carboxylic acids is 1. The van der Waals surface area contributed by atoms with Gasteiger partial charge in [0.25, 0.3) is 5.56 Å². The Hall–Kier alpha value is -4.02. The van der Waals surface area contributed by atoms with Gasteiger partial charge < -0.3 is 19.1 Å². The maximum atomic E-state index is 13.7. The number of thiazole rings is 1. The third-order valence-corrected chi connectivity index (χ3v) is 7.53. The van der Waals surface area contributed by atoms with Gasteiger partial charge in [0, 0.05) is 21.7 Å². The molecule has 1 unspecified atom stereocenters. The number of carbonyl (C=O) groups is 2. The number of furan rings is 1. The molecule has 2 aromatic carbocycles. The van der Waals surface area contributed by atoms with Gasteiger partial charge >= 0.3 is 5.97 Å². The van der Waals surface area contributed by atoms with Crippen LogP contribution in [-0.4, -0.2) is 23.1 Å². The molecule has 1 atom stereocenters. The zero-order valence-electron chi connectivity index (χ0n) is 20.3. The first-order valence-electron chi connectivity index (χ1n) is 11.6. The second-order valence-electron chi connectivity index (χ2n) is 8.39. The molecular weight excluding hydrogens is 572 g/mol. The van der Waals surface area contributed by atoms with Gasteiger partial charge in [0.15, 0.2) is 4.80 Å². The van der Waals surface area contributed by atoms with Gasteiger partial charge in [0.2, 0.25) is 0 Å². The summed E-state index contributed by atoms with van der Waals surface area (Å²) in [4.78, 5) is 43.2. The zero-order chi connectivity index (χ0) is 27.0. The predicted octanol–water partition coefficient (Wildman–Crippen LogP) is 3.18. The van der Waals surface area contributed by atoms with E-state index >= 15 is 0 Å². The van der Waals surface area contributed by atoms with Crippen molar-refractivity contribution in [2.45, 2.75) is 19.9 Å². The van der Waals surface area contributed by atoms with E-state index in [9.17, 15) is 19.5 Å². The maximum Gasteiger partial charge on any atom is 0.338 e. The molecule has 3 heterocycles. The van der Waals surface area contributed by atoms with Crippen LogP contribution in [0.5, 0.6) is 0 Å². The minimum Gasteiger partial charge on any atom is -0.545 e. The van der Waals surface area contributed by atoms with E-state index in [0.29, 0.717) is 37.7 Å². The van der Waals surface area contributed by atoms with Gasteiger partial charge in [-0.3, -0.25) is 9.36 Å². The Morgan fingerprint density at radius 3 is 2.61 bits per heavy atom. The molecule has 192 valence electrons. The van der Waals surface area contributed by atoms with Crippen LogP contribution in [0.4, 0.5) is 0 Å². The van der Waals surface area contributed by atoms with Crippen molar-refractivity contribution in [3.63, 3.8) is 0 Å². The number of allylic oxidation sites excluding steroid dienone is 1. The van der Waals surface area contributed by atoms with Crippen molar-refractivity contribution >= 4 is 45.3 Å². The van der Waals surface area contributed by atoms with Gasteiger partial charge in [-0.15, -0.1) is 0 Å². The van der Waals surface area contributed by atoms with Gasteiger partial charge in [0.1, 0.15) is 11.5 Å². The number of aromatic carboxylic acids is 1. The van der Waals surface area contributed by atoms with Crippen LogP contribution in [0.15, 0.2) is 90.6 Å². The summed E-state index contributed by atoms with van der Waals surface area (Å²) in [5.74, 6) is -1.15. The van der Waals surface area contributed by atoms with Crippen molar-refractivity contribution in [2.75, 3.05) is 6.61 Å². The van der Waals surface area contributed by atoms with E-state index < -0.39 is 18.0 Å². The number of fused-ring (bicyclic) bond motifs is 1. The fraction of sp³-hybridized carbons (Fsp3) is 0.143. The lowest BCUT2D eigenvalue weighted by Crippen LogP contribution is -2.39. The quantitative estimate of drug-likeness (QED) is 0.318. The topological polar surface area (TPSA) is 114 Å². The van der Waals surface area contributed by atoms with Crippen molar-refractivity contribution < 1.29 is 23.8 Å². The Bertz CT molecular complexity index is 1780. The molecule has 0 aliphatic carbocycles. The highest BCUT2D eigenvalue weighted by Crippen LogP contribution is 2.31. The summed E-state index contributed by atoms with van der Waals surface area (Å²) in [6, 6.07) is 16.3. The Labute approximate surface area is 229 Å². The van der Waals surface area contributed by atoms with Crippen molar-refractivity contribution in [3.8, 4) is 11.3 Å². The number of nitrogens with zero attached hydrogens (tertiary/aromatic N) is 2. The number of aromatic nitrogens is 1. The molecule has 8 nitrogen and oxygen atoms in total. The molecule has 1 aliphatic heterocycles. The van der Waals surface area contributed by atoms with E-state index in [1.807, 2.05) is 24.3 Å². The third-order valence-electron chi connectivity index (χ3n) is 6.02. The Balaban J connectivity index is 1.64. The fourth-order valence-electron chi connectivity index (χ4n) is 4.33. The van der Waals surface area contributed by atoms with Gasteiger partial charge in [-0.1, -0.05) is 63.7 Å². The molecule has 0 amide bonds. The molecule has 0 saturated carbocycles. The first kappa shape index (κ1) is 25.6. The van der Waals surface area contributed by atoms with Crippen LogP contribution in [0.2, 0.25) is 0 Å². The van der Waals surface area contributed by atoms with Crippen LogP contribution in [-0.2, 0) is 9.53 Å². The summed E-state index contributed by atoms with van der Waals surface area (Å²) < 4.78 is 13.9. The Kier molecular flexibility index (Phi) is 7.00. The highest BCUT2D eigenvalue weighted by molar-refractivity contribution is 9.10. The second-order valence-corrected chi connectivity index (χ2v) is 10.3. The summed E-state index contributed by atoms with van der Waals surface area (Å²) in [5.41, 5.74) is 1.54. The van der Waals surface area contributed by atoms with Gasteiger partial charge in [-0.25, -0.2) is 9.79 Å². The van der Waals surface area contributed by atoms with Crippen LogP contribution in [0, 0.1) is 0 Å². The van der Waals surface area contributed by atoms with E-state index in [2.05, 4.69) is 20.9 Å². The average Bonchev–Trinajstić information content (AvgIpc) is 3.48. The second kappa shape index (κ2) is 10.4. The van der Waals surface area contributed by atoms with Crippen LogP contribution in [0.1, 0.15) is 41.6 Å². The monoisotopic (exact) mass is 591 g/mol. The number of halogens is 1. The van der Waals surface area contributed by atoms with E-state index in [1.54, 1.807) is 50.3 Å². The number of benzene rings is 2. The molecule has 0 fully saturated rings. The predicted molar refractivity (Wildman–Crippen MR) is 143 cm³/mol. The Morgan fingerprint density at radius 2 is 1.89 bits per heavy atom. The van der Waals surface area contributed by atoms with Crippen LogP contribution in [0.25, 0.3) is 17.4 Å². The smallest absolute Gasteiger partial charge is 0.338 e. The van der Waals surface area contributed by atoms with E-state index in [-0.39, 0.29) is 17.7 Å². The van der Waals surface area contributed by atoms with E-state index in [1.165, 1.54) is 22.0 Å². The van der Waals surface area contributed by atoms with Crippen molar-refractivity contribution in [2.24, 2.45) is 4.99 Å². The summed E-state index contributed by atoms with van der Waals surface area (Å²) >= 11 is 4.60. The highest BCUT2D eigenvalue weighted by Gasteiger charge is 2.33. The molecule has 2 aromatic heterocycles. The number of carbonyl (C=O) groups excluding carboxylic acids is 2. The molecule has 4 aromatic rings. The van der Waals surface area contributed by atoms with E-state index in [4.69, 9.17) is 9.15 Å². The molecule has 5 rings (SSSR count). The first-order chi connectivity index (χ1) is 18.3. The van der Waals surface area contributed by atoms with E-state index in [0.717, 1.165) is 10.0 Å². The van der Waals surface area contributed by atoms with Crippen molar-refractivity contribution in [3.05, 3.63) is 113 Å². The zero-order valence-corrected chi connectivity index (χ0v) is 22.7. The summed E-state index contributed by atoms with van der Waals surface area (Å²) in [7, 11) is 0. The van der Waals surface area contributed by atoms with Gasteiger partial charge in [-0.2, -0.15) is 0 Å². The number of hydrogen-bond donors (Lipinski definition) is 0. The van der Waals surface area contributed by atoms with Crippen LogP contribution >= 0.6 is 27.3 Å². The minimum atomic E-state index is -1.31. The number of ether oxygens (including phenoxy) is 1. The number of rotatable bonds is 6. The molecule has 1 aliphatic rings. The minimum absolute atomic E-state index is 0.00393. The van der Waals surface area contributed by atoms with Crippen LogP contribution < -0.4 is 20.0 Å². The van der Waals surface area contributed by atoms with Gasteiger partial charge in [0.05, 0.1) is 34.4 Å². The normalized spacial score (nSPS) is 15.2. The number of hydrogen-bond acceptors (Lipinski definition) is 8. The summed E-state index contributed by atoms with van der Waals surface area (Å²) in [5, 5.41) is 11.5. The largest absolute Gasteiger partial charge is 0.545 e. The standard InChI is InChI=1S/C28H21BrN2O6S/c1-3-36-27(35)23-15(2)30-28-31(24(23)16-8-10-17(29)11-9-16)25(32)22(38-28)14-18-12-13-21(37-18)19-6-4-5-7-20(19)26(33)34/h4-14,24H,3H2,1-2H3,(H,33,34)/p-1. The summed E-state index contributed by atoms with van der Waals surface area (Å²) in [6.07, 6.45) is 1.58. The first-order valence-corrected chi connectivity index (χ1v) is 13.2. The molecule has 0 N–H and O–H groups in total. The Morgan fingerprint density at radius 1 is 1.16 bits per heavy atom. The fourth-order valence-corrected chi connectivity index (χ4v) is 5.62. The third kappa shape index (κ3) is 4.68. The lowest BCUT2D eigenvalue weighted by Gasteiger charge is -2.24. The number of carboxylic acid groups (broad SMARTS) is 1. The lowest BCUT2D eigenvalue weighted by molar-refractivity contribution is -0.255. The van der Waals surface area contributed by atoms with Crippen molar-refractivity contribution in [1.82, 2.24) is 4.57 Å². The van der Waals surface area contributed by atoms with Crippen molar-refractivity contribution in [1.29, 1.82) is 0 Å². The SMILES string of the molecule is CCOC(=O)C1=C(C)N=c2sc(=Cc3ccc(-c4ccccc4C(=O)[O-])o3)c(=O)n2C1c1ccc(Br)cc1. The van der Waals surface area contributed by atoms with Crippen LogP contribution in [0.3, 0.4) is 0 Å². The molecule has 0 radical (unpaired) electrons. The molecule has 10 heteroatoms. The summed E-state index contributed by atoms with van der Waals surface area (Å²) in [6.45, 7) is 3.64. The maximum absolute atomic E-state index is 13.7. The average molecular weight is 592 g/mol. The molecule has 38 heavy (non-hydrogen) atoms. The lowest BCUT2D eigenvalue weighted by atomic mass is 9.96. The molecule has 0 saturated heterocycles.